The summed E-state index contributed by atoms with van der Waals surface area (Å²) in [4.78, 5) is 8.15. The van der Waals surface area contributed by atoms with E-state index in [1.165, 1.54) is 11.8 Å². The van der Waals surface area contributed by atoms with Gasteiger partial charge in [-0.2, -0.15) is 5.26 Å². The average Bonchev–Trinajstić information content (AvgIpc) is 2.35. The molecule has 0 radical (unpaired) electrons. The standard InChI is InChI=1S/C10H8ClN3S.C2H6/c1-3-4-7-9(6-15-2)14-10(11)8(5-12)13-7;1-2/h3-4,6H,1H2,2H3;1-2H3/b7-4+,9-6+;. The van der Waals surface area contributed by atoms with Crippen molar-refractivity contribution < 1.29 is 0 Å². The number of hydrogen-bond acceptors (Lipinski definition) is 4. The minimum Gasteiger partial charge on any atom is -0.232 e. The second kappa shape index (κ2) is 8.80. The molecule has 0 unspecified atom stereocenters. The van der Waals surface area contributed by atoms with Crippen LogP contribution in [0.1, 0.15) is 19.5 Å². The molecule has 1 rings (SSSR count). The summed E-state index contributed by atoms with van der Waals surface area (Å²) in [5.74, 6) is 0. The van der Waals surface area contributed by atoms with Crippen LogP contribution in [0.5, 0.6) is 0 Å². The van der Waals surface area contributed by atoms with Crippen LogP contribution >= 0.6 is 23.4 Å². The highest BCUT2D eigenvalue weighted by Gasteiger charge is 2.02. The van der Waals surface area contributed by atoms with E-state index in [4.69, 9.17) is 16.9 Å². The van der Waals surface area contributed by atoms with Crippen LogP contribution in [-0.2, 0) is 0 Å². The van der Waals surface area contributed by atoms with Crippen LogP contribution in [0.4, 0.5) is 0 Å². The first-order valence-electron chi connectivity index (χ1n) is 5.02. The van der Waals surface area contributed by atoms with Gasteiger partial charge in [0, 0.05) is 0 Å². The zero-order valence-electron chi connectivity index (χ0n) is 10.1. The highest BCUT2D eigenvalue weighted by molar-refractivity contribution is 8.05. The van der Waals surface area contributed by atoms with Crippen LogP contribution in [0.2, 0.25) is 5.15 Å². The molecule has 0 saturated carbocycles. The number of nitriles is 1. The van der Waals surface area contributed by atoms with Crippen molar-refractivity contribution in [3.63, 3.8) is 0 Å². The molecule has 0 aliphatic heterocycles. The number of rotatable bonds is 2. The van der Waals surface area contributed by atoms with Gasteiger partial charge in [-0.3, -0.25) is 0 Å². The van der Waals surface area contributed by atoms with Gasteiger partial charge in [-0.05, 0) is 17.7 Å². The molecule has 0 bridgehead atoms. The third kappa shape index (κ3) is 4.59. The molecule has 17 heavy (non-hydrogen) atoms. The van der Waals surface area contributed by atoms with E-state index >= 15 is 0 Å². The summed E-state index contributed by atoms with van der Waals surface area (Å²) in [6, 6.07) is 1.88. The van der Waals surface area contributed by atoms with Crippen molar-refractivity contribution in [2.75, 3.05) is 6.26 Å². The Bertz CT molecular complexity index is 532. The summed E-state index contributed by atoms with van der Waals surface area (Å²) in [7, 11) is 0. The summed E-state index contributed by atoms with van der Waals surface area (Å²) in [6.07, 6.45) is 5.19. The van der Waals surface area contributed by atoms with Gasteiger partial charge in [-0.25, -0.2) is 9.97 Å². The smallest absolute Gasteiger partial charge is 0.178 e. The van der Waals surface area contributed by atoms with Crippen molar-refractivity contribution >= 4 is 34.8 Å². The quantitative estimate of drug-likeness (QED) is 0.823. The molecule has 3 nitrogen and oxygen atoms in total. The number of halogens is 1. The van der Waals surface area contributed by atoms with E-state index in [1.54, 1.807) is 12.2 Å². The Kier molecular flexibility index (Phi) is 8.12. The summed E-state index contributed by atoms with van der Waals surface area (Å²) in [6.45, 7) is 7.58. The summed E-state index contributed by atoms with van der Waals surface area (Å²) in [5, 5.41) is 11.9. The van der Waals surface area contributed by atoms with Crippen LogP contribution < -0.4 is 10.7 Å². The fourth-order valence-corrected chi connectivity index (χ4v) is 1.52. The molecule has 0 aliphatic carbocycles. The van der Waals surface area contributed by atoms with Crippen LogP contribution in [0.25, 0.3) is 11.5 Å². The zero-order chi connectivity index (χ0) is 13.3. The molecule has 1 heterocycles. The van der Waals surface area contributed by atoms with Crippen molar-refractivity contribution in [2.24, 2.45) is 0 Å². The van der Waals surface area contributed by atoms with Gasteiger partial charge in [0.25, 0.3) is 0 Å². The zero-order valence-corrected chi connectivity index (χ0v) is 11.6. The van der Waals surface area contributed by atoms with Gasteiger partial charge >= 0.3 is 0 Å². The Morgan fingerprint density at radius 1 is 1.35 bits per heavy atom. The minimum absolute atomic E-state index is 0.124. The third-order valence-corrected chi connectivity index (χ3v) is 2.24. The van der Waals surface area contributed by atoms with E-state index in [1.807, 2.05) is 31.6 Å². The fourth-order valence-electron chi connectivity index (χ4n) is 0.944. The normalized spacial score (nSPS) is 11.5. The topological polar surface area (TPSA) is 49.6 Å². The molecule has 0 aromatic carbocycles. The van der Waals surface area contributed by atoms with E-state index in [-0.39, 0.29) is 10.8 Å². The summed E-state index contributed by atoms with van der Waals surface area (Å²) in [5.41, 5.74) is 0.128. The van der Waals surface area contributed by atoms with Crippen molar-refractivity contribution in [3.05, 3.63) is 34.2 Å². The number of hydrogen-bond donors (Lipinski definition) is 0. The van der Waals surface area contributed by atoms with Crippen molar-refractivity contribution in [3.8, 4) is 6.07 Å². The first kappa shape index (κ1) is 15.7. The average molecular weight is 268 g/mol. The largest absolute Gasteiger partial charge is 0.232 e. The van der Waals surface area contributed by atoms with Gasteiger partial charge in [-0.15, -0.1) is 11.8 Å². The molecule has 5 heteroatoms. The minimum atomic E-state index is 0.124. The SMILES string of the molecule is C=C/C=c1/nc(C#N)c(Cl)n/c1=C/SC.CC. The second-order valence-corrected chi connectivity index (χ2v) is 3.57. The molecule has 0 saturated heterocycles. The lowest BCUT2D eigenvalue weighted by molar-refractivity contribution is 1.07. The van der Waals surface area contributed by atoms with Gasteiger partial charge < -0.3 is 0 Å². The van der Waals surface area contributed by atoms with E-state index in [0.29, 0.717) is 10.7 Å². The number of nitrogens with zero attached hydrogens (tertiary/aromatic N) is 3. The van der Waals surface area contributed by atoms with E-state index in [9.17, 15) is 0 Å². The summed E-state index contributed by atoms with van der Waals surface area (Å²) >= 11 is 7.27. The van der Waals surface area contributed by atoms with E-state index < -0.39 is 0 Å². The molecule has 1 aromatic heterocycles. The predicted molar refractivity (Wildman–Crippen MR) is 75.0 cm³/mol. The number of allylic oxidation sites excluding steroid dienone is 1. The molecule has 0 fully saturated rings. The first-order valence-corrected chi connectivity index (χ1v) is 6.69. The molecule has 0 spiro atoms. The molecular weight excluding hydrogens is 254 g/mol. The molecular formula is C12H14ClN3S. The van der Waals surface area contributed by atoms with E-state index in [0.717, 1.165) is 0 Å². The molecule has 0 N–H and O–H groups in total. The highest BCUT2D eigenvalue weighted by atomic mass is 35.5. The highest BCUT2D eigenvalue weighted by Crippen LogP contribution is 2.03. The molecule has 1 aromatic rings. The van der Waals surface area contributed by atoms with Gasteiger partial charge in [0.05, 0.1) is 10.7 Å². The van der Waals surface area contributed by atoms with Gasteiger partial charge in [-0.1, -0.05) is 38.1 Å². The van der Waals surface area contributed by atoms with Crippen molar-refractivity contribution in [1.82, 2.24) is 9.97 Å². The molecule has 0 aliphatic rings. The Balaban J connectivity index is 0.00000121. The van der Waals surface area contributed by atoms with Crippen molar-refractivity contribution in [2.45, 2.75) is 13.8 Å². The lowest BCUT2D eigenvalue weighted by Gasteiger charge is -1.94. The Hall–Kier alpha value is -1.31. The maximum absolute atomic E-state index is 8.74. The number of aromatic nitrogens is 2. The fraction of sp³-hybridized carbons (Fsp3) is 0.250. The molecule has 0 amide bonds. The Labute approximate surface area is 111 Å². The first-order chi connectivity index (χ1) is 8.22. The molecule has 90 valence electrons. The monoisotopic (exact) mass is 267 g/mol. The van der Waals surface area contributed by atoms with Crippen LogP contribution in [-0.4, -0.2) is 16.2 Å². The predicted octanol–water partition coefficient (Wildman–Crippen LogP) is 2.10. The van der Waals surface area contributed by atoms with Crippen LogP contribution in [0.3, 0.4) is 0 Å². The molecule has 0 atom stereocenters. The second-order valence-electron chi connectivity index (χ2n) is 2.50. The maximum Gasteiger partial charge on any atom is 0.178 e. The van der Waals surface area contributed by atoms with Gasteiger partial charge in [0.15, 0.2) is 10.8 Å². The van der Waals surface area contributed by atoms with Crippen LogP contribution in [0, 0.1) is 11.3 Å². The Morgan fingerprint density at radius 2 is 2.00 bits per heavy atom. The third-order valence-electron chi connectivity index (χ3n) is 1.52. The van der Waals surface area contributed by atoms with Crippen molar-refractivity contribution in [1.29, 1.82) is 5.26 Å². The Morgan fingerprint density at radius 3 is 2.47 bits per heavy atom. The number of thioether (sulfide) groups is 1. The van der Waals surface area contributed by atoms with E-state index in [2.05, 4.69) is 16.5 Å². The summed E-state index contributed by atoms with van der Waals surface area (Å²) < 4.78 is 0. The van der Waals surface area contributed by atoms with Gasteiger partial charge in [0.1, 0.15) is 6.07 Å². The lowest BCUT2D eigenvalue weighted by atomic mass is 10.4. The van der Waals surface area contributed by atoms with Crippen LogP contribution in [0.15, 0.2) is 12.7 Å². The van der Waals surface area contributed by atoms with Gasteiger partial charge in [0.2, 0.25) is 0 Å². The maximum atomic E-state index is 8.74. The lowest BCUT2D eigenvalue weighted by Crippen LogP contribution is -2.32.